The lowest BCUT2D eigenvalue weighted by Crippen LogP contribution is -2.41. The van der Waals surface area contributed by atoms with Crippen LogP contribution in [0.4, 0.5) is 0 Å². The summed E-state index contributed by atoms with van der Waals surface area (Å²) in [6.45, 7) is 7.02. The molecule has 7 heteroatoms. The standard InChI is InChI=1S/C4H16O3Si4/c1-4(10(2)3)11-6-8-5-9-7-11/h4,10-11H,8-9H2,1-3H3. The van der Waals surface area contributed by atoms with Gasteiger partial charge < -0.3 is 12.3 Å². The Bertz CT molecular complexity index is 116. The van der Waals surface area contributed by atoms with Crippen LogP contribution in [0, 0.1) is 0 Å². The summed E-state index contributed by atoms with van der Waals surface area (Å²) in [4.78, 5) is 0. The zero-order chi connectivity index (χ0) is 8.27. The van der Waals surface area contributed by atoms with Gasteiger partial charge in [0.15, 0.2) is 0 Å². The molecule has 0 aliphatic carbocycles. The predicted molar refractivity (Wildman–Crippen MR) is 55.8 cm³/mol. The van der Waals surface area contributed by atoms with Gasteiger partial charge in [-0.1, -0.05) is 20.0 Å². The SMILES string of the molecule is CC([SiH](C)C)[SiH]1O[SiH2]O[SiH2]O1. The summed E-state index contributed by atoms with van der Waals surface area (Å²) in [5, 5.41) is 0.777. The molecule has 3 nitrogen and oxygen atoms in total. The number of rotatable bonds is 2. The van der Waals surface area contributed by atoms with E-state index in [0.29, 0.717) is 0 Å². The molecule has 1 aliphatic rings. The van der Waals surface area contributed by atoms with Crippen LogP contribution in [-0.2, 0) is 12.3 Å². The van der Waals surface area contributed by atoms with Gasteiger partial charge in [0.25, 0.3) is 20.0 Å². The third kappa shape index (κ3) is 2.93. The number of hydrogen-bond donors (Lipinski definition) is 0. The van der Waals surface area contributed by atoms with E-state index in [4.69, 9.17) is 12.3 Å². The summed E-state index contributed by atoms with van der Waals surface area (Å²) in [6.07, 6.45) is 0. The van der Waals surface area contributed by atoms with Gasteiger partial charge in [0.05, 0.1) is 0 Å². The molecule has 0 aromatic heterocycles. The molecule has 0 radical (unpaired) electrons. The second-order valence-electron chi connectivity index (χ2n) is 3.24. The Kier molecular flexibility index (Phi) is 4.20. The molecule has 1 aliphatic heterocycles. The molecule has 1 unspecified atom stereocenters. The molecule has 1 atom stereocenters. The molecule has 1 rings (SSSR count). The topological polar surface area (TPSA) is 27.7 Å². The van der Waals surface area contributed by atoms with Crippen molar-refractivity contribution in [3.8, 4) is 0 Å². The summed E-state index contributed by atoms with van der Waals surface area (Å²) in [5.41, 5.74) is 0. The molecule has 0 spiro atoms. The van der Waals surface area contributed by atoms with Crippen molar-refractivity contribution in [3.05, 3.63) is 0 Å². The largest absolute Gasteiger partial charge is 0.425 e. The molecule has 1 fully saturated rings. The normalized spacial score (nSPS) is 33.3. The lowest BCUT2D eigenvalue weighted by Gasteiger charge is -2.28. The fourth-order valence-corrected chi connectivity index (χ4v) is 13.0. The van der Waals surface area contributed by atoms with Gasteiger partial charge in [-0.3, -0.25) is 0 Å². The van der Waals surface area contributed by atoms with Crippen LogP contribution in [0.3, 0.4) is 0 Å². The Morgan fingerprint density at radius 1 is 1.27 bits per heavy atom. The Balaban J connectivity index is 2.32. The molecule has 0 aromatic carbocycles. The first kappa shape index (κ1) is 9.83. The van der Waals surface area contributed by atoms with E-state index in [2.05, 4.69) is 20.0 Å². The van der Waals surface area contributed by atoms with Gasteiger partial charge in [-0.25, -0.2) is 0 Å². The van der Waals surface area contributed by atoms with Crippen molar-refractivity contribution < 1.29 is 12.3 Å². The van der Waals surface area contributed by atoms with Gasteiger partial charge in [-0.2, -0.15) is 0 Å². The third-order valence-electron chi connectivity index (χ3n) is 2.11. The van der Waals surface area contributed by atoms with Crippen molar-refractivity contribution in [1.29, 1.82) is 0 Å². The van der Waals surface area contributed by atoms with Crippen LogP contribution in [0.5, 0.6) is 0 Å². The molecule has 0 bridgehead atoms. The zero-order valence-corrected chi connectivity index (χ0v) is 12.5. The lowest BCUT2D eigenvalue weighted by molar-refractivity contribution is 0.320. The van der Waals surface area contributed by atoms with Crippen LogP contribution < -0.4 is 0 Å². The highest BCUT2D eigenvalue weighted by atomic mass is 28.4. The van der Waals surface area contributed by atoms with Gasteiger partial charge >= 0.3 is 9.28 Å². The summed E-state index contributed by atoms with van der Waals surface area (Å²) < 4.78 is 16.4. The molecule has 66 valence electrons. The first-order valence-corrected chi connectivity index (χ1v) is 10.9. The van der Waals surface area contributed by atoms with Gasteiger partial charge in [0.1, 0.15) is 0 Å². The predicted octanol–water partition coefficient (Wildman–Crippen LogP) is -1.32. The monoisotopic (exact) mass is 224 g/mol. The van der Waals surface area contributed by atoms with E-state index in [0.717, 1.165) is 5.16 Å². The Morgan fingerprint density at radius 2 is 1.82 bits per heavy atom. The van der Waals surface area contributed by atoms with Crippen molar-refractivity contribution in [3.63, 3.8) is 0 Å². The molecule has 0 saturated carbocycles. The van der Waals surface area contributed by atoms with E-state index in [-0.39, 0.29) is 0 Å². The van der Waals surface area contributed by atoms with E-state index in [1.54, 1.807) is 0 Å². The molecule has 1 saturated heterocycles. The summed E-state index contributed by atoms with van der Waals surface area (Å²) in [7, 11) is -2.94. The second-order valence-corrected chi connectivity index (χ2v) is 14.1. The quantitative estimate of drug-likeness (QED) is 0.545. The molecular weight excluding hydrogens is 208 g/mol. The molecule has 1 heterocycles. The molecule has 0 amide bonds. The van der Waals surface area contributed by atoms with E-state index < -0.39 is 38.1 Å². The fraction of sp³-hybridized carbons (Fsp3) is 1.00. The highest BCUT2D eigenvalue weighted by Gasteiger charge is 2.27. The van der Waals surface area contributed by atoms with Crippen LogP contribution in [-0.4, -0.2) is 38.1 Å². The van der Waals surface area contributed by atoms with E-state index >= 15 is 0 Å². The van der Waals surface area contributed by atoms with Crippen LogP contribution >= 0.6 is 0 Å². The van der Waals surface area contributed by atoms with Gasteiger partial charge in [0.2, 0.25) is 0 Å². The van der Waals surface area contributed by atoms with Crippen molar-refractivity contribution >= 4 is 38.1 Å². The minimum Gasteiger partial charge on any atom is -0.425 e. The van der Waals surface area contributed by atoms with Gasteiger partial charge in [-0.05, 0) is 5.16 Å². The van der Waals surface area contributed by atoms with Crippen LogP contribution in [0.2, 0.25) is 18.3 Å². The van der Waals surface area contributed by atoms with E-state index in [1.807, 2.05) is 0 Å². The molecule has 0 aromatic rings. The zero-order valence-electron chi connectivity index (χ0n) is 7.37. The first-order chi connectivity index (χ1) is 5.22. The maximum Gasteiger partial charge on any atom is 0.302 e. The Labute approximate surface area is 76.0 Å². The number of hydrogen-bond acceptors (Lipinski definition) is 3. The minimum atomic E-state index is -1.22. The highest BCUT2D eigenvalue weighted by Crippen LogP contribution is 2.16. The van der Waals surface area contributed by atoms with Crippen molar-refractivity contribution in [2.45, 2.75) is 25.2 Å². The Hall–Kier alpha value is 0.748. The maximum absolute atomic E-state index is 5.60. The summed E-state index contributed by atoms with van der Waals surface area (Å²) in [5.74, 6) is 0. The lowest BCUT2D eigenvalue weighted by atomic mass is 10.9. The van der Waals surface area contributed by atoms with E-state index in [9.17, 15) is 0 Å². The van der Waals surface area contributed by atoms with Gasteiger partial charge in [0, 0.05) is 8.80 Å². The van der Waals surface area contributed by atoms with Crippen molar-refractivity contribution in [2.24, 2.45) is 0 Å². The highest BCUT2D eigenvalue weighted by molar-refractivity contribution is 6.77. The molecule has 11 heavy (non-hydrogen) atoms. The fourth-order valence-electron chi connectivity index (χ4n) is 0.930. The maximum atomic E-state index is 5.60. The molecule has 0 N–H and O–H groups in total. The van der Waals surface area contributed by atoms with Crippen molar-refractivity contribution in [2.75, 3.05) is 0 Å². The van der Waals surface area contributed by atoms with Crippen LogP contribution in [0.1, 0.15) is 6.92 Å². The van der Waals surface area contributed by atoms with Crippen molar-refractivity contribution in [1.82, 2.24) is 0 Å². The average Bonchev–Trinajstić information content (AvgIpc) is 2.05. The van der Waals surface area contributed by atoms with Crippen LogP contribution in [0.15, 0.2) is 0 Å². The Morgan fingerprint density at radius 3 is 2.27 bits per heavy atom. The summed E-state index contributed by atoms with van der Waals surface area (Å²) >= 11 is 0. The van der Waals surface area contributed by atoms with Gasteiger partial charge in [-0.15, -0.1) is 0 Å². The average molecular weight is 225 g/mol. The smallest absolute Gasteiger partial charge is 0.302 e. The summed E-state index contributed by atoms with van der Waals surface area (Å²) in [6, 6.07) is 0. The minimum absolute atomic E-state index is 0.537. The molecular formula is C4H16O3Si4. The van der Waals surface area contributed by atoms with Crippen LogP contribution in [0.25, 0.3) is 0 Å². The first-order valence-electron chi connectivity index (χ1n) is 4.02. The third-order valence-corrected chi connectivity index (χ3v) is 13.4. The second kappa shape index (κ2) is 4.70. The van der Waals surface area contributed by atoms with E-state index in [1.165, 1.54) is 0 Å².